The second-order valence-electron chi connectivity index (χ2n) is 6.92. The van der Waals surface area contributed by atoms with Crippen LogP contribution in [0.2, 0.25) is 0 Å². The first kappa shape index (κ1) is 22.1. The normalized spacial score (nSPS) is 15.8. The maximum absolute atomic E-state index is 11.9. The number of carbonyl (C=O) groups excluding carboxylic acids is 2. The summed E-state index contributed by atoms with van der Waals surface area (Å²) >= 11 is 0. The zero-order valence-corrected chi connectivity index (χ0v) is 16.3. The van der Waals surface area contributed by atoms with E-state index in [-0.39, 0.29) is 25.2 Å². The Morgan fingerprint density at radius 1 is 1.18 bits per heavy atom. The van der Waals surface area contributed by atoms with Gasteiger partial charge in [0.15, 0.2) is 0 Å². The summed E-state index contributed by atoms with van der Waals surface area (Å²) in [7, 11) is 0. The van der Waals surface area contributed by atoms with Gasteiger partial charge in [0.25, 0.3) is 0 Å². The van der Waals surface area contributed by atoms with Gasteiger partial charge in [0.1, 0.15) is 12.4 Å². The van der Waals surface area contributed by atoms with Crippen LogP contribution in [-0.4, -0.2) is 67.4 Å². The Morgan fingerprint density at radius 2 is 1.86 bits per heavy atom. The highest BCUT2D eigenvalue weighted by molar-refractivity contribution is 5.76. The van der Waals surface area contributed by atoms with Crippen molar-refractivity contribution in [2.45, 2.75) is 38.3 Å². The lowest BCUT2D eigenvalue weighted by atomic mass is 10.1. The summed E-state index contributed by atoms with van der Waals surface area (Å²) in [6.45, 7) is 5.40. The van der Waals surface area contributed by atoms with Crippen LogP contribution < -0.4 is 15.8 Å². The van der Waals surface area contributed by atoms with Crippen LogP contribution in [0.25, 0.3) is 0 Å². The molecule has 1 heterocycles. The van der Waals surface area contributed by atoms with Crippen molar-refractivity contribution >= 4 is 11.8 Å². The average Bonchev–Trinajstić information content (AvgIpc) is 2.71. The number of amides is 2. The van der Waals surface area contributed by atoms with Crippen LogP contribution >= 0.6 is 0 Å². The van der Waals surface area contributed by atoms with Crippen molar-refractivity contribution in [1.29, 1.82) is 0 Å². The first-order chi connectivity index (χ1) is 13.5. The molecule has 1 aliphatic heterocycles. The molecule has 2 amide bonds. The largest absolute Gasteiger partial charge is 0.492 e. The first-order valence-electron chi connectivity index (χ1n) is 9.78. The highest BCUT2D eigenvalue weighted by Crippen LogP contribution is 2.12. The van der Waals surface area contributed by atoms with E-state index in [1.165, 1.54) is 0 Å². The highest BCUT2D eigenvalue weighted by Gasteiger charge is 2.11. The molecule has 0 radical (unpaired) electrons. The van der Waals surface area contributed by atoms with E-state index in [1.807, 2.05) is 24.3 Å². The monoisotopic (exact) mass is 393 g/mol. The molecule has 8 heteroatoms. The zero-order chi connectivity index (χ0) is 20.2. The number of nitrogens with zero attached hydrogens (tertiary/aromatic N) is 1. The molecule has 1 aliphatic rings. The second-order valence-corrected chi connectivity index (χ2v) is 6.92. The number of nitrogens with one attached hydrogen (secondary N) is 1. The molecule has 8 nitrogen and oxygen atoms in total. The zero-order valence-electron chi connectivity index (χ0n) is 16.3. The van der Waals surface area contributed by atoms with Crippen LogP contribution in [0.4, 0.5) is 0 Å². The summed E-state index contributed by atoms with van der Waals surface area (Å²) in [6.07, 6.45) is 0.254. The van der Waals surface area contributed by atoms with Gasteiger partial charge in [-0.2, -0.15) is 0 Å². The maximum Gasteiger partial charge on any atom is 0.220 e. The summed E-state index contributed by atoms with van der Waals surface area (Å²) < 4.78 is 11.1. The Hall–Kier alpha value is -2.16. The minimum atomic E-state index is -0.688. The molecule has 2 rings (SSSR count). The summed E-state index contributed by atoms with van der Waals surface area (Å²) in [6, 6.07) is 7.64. The standard InChI is InChI=1S/C20H31N3O5/c21-19(25)7-3-17(24)4-8-20(26)22-15-16-1-5-18(6-2-16)28-14-11-23-9-12-27-13-10-23/h1-2,5-6,17,24H,3-4,7-15H2,(H2,21,25)(H,22,26)/t17-/m1/s1. The molecule has 0 saturated carbocycles. The van der Waals surface area contributed by atoms with Gasteiger partial charge in [-0.25, -0.2) is 0 Å². The average molecular weight is 393 g/mol. The molecule has 0 bridgehead atoms. The molecule has 1 aromatic carbocycles. The van der Waals surface area contributed by atoms with Crippen molar-refractivity contribution < 1.29 is 24.2 Å². The van der Waals surface area contributed by atoms with Crippen LogP contribution in [0.5, 0.6) is 5.75 Å². The Morgan fingerprint density at radius 3 is 2.54 bits per heavy atom. The van der Waals surface area contributed by atoms with Gasteiger partial charge in [-0.3, -0.25) is 14.5 Å². The molecule has 1 fully saturated rings. The predicted molar refractivity (Wildman–Crippen MR) is 105 cm³/mol. The van der Waals surface area contributed by atoms with Gasteiger partial charge in [0.2, 0.25) is 11.8 Å². The lowest BCUT2D eigenvalue weighted by Crippen LogP contribution is -2.38. The third-order valence-electron chi connectivity index (χ3n) is 4.62. The number of ether oxygens (including phenoxy) is 2. The van der Waals surface area contributed by atoms with Gasteiger partial charge in [-0.05, 0) is 30.5 Å². The van der Waals surface area contributed by atoms with Crippen molar-refractivity contribution in [3.63, 3.8) is 0 Å². The van der Waals surface area contributed by atoms with E-state index in [0.29, 0.717) is 19.6 Å². The van der Waals surface area contributed by atoms with Crippen LogP contribution in [0, 0.1) is 0 Å². The van der Waals surface area contributed by atoms with Gasteiger partial charge in [-0.1, -0.05) is 12.1 Å². The fourth-order valence-corrected chi connectivity index (χ4v) is 2.86. The molecule has 28 heavy (non-hydrogen) atoms. The fourth-order valence-electron chi connectivity index (χ4n) is 2.86. The minimum absolute atomic E-state index is 0.129. The van der Waals surface area contributed by atoms with E-state index in [0.717, 1.165) is 44.2 Å². The number of hydrogen-bond donors (Lipinski definition) is 3. The summed E-state index contributed by atoms with van der Waals surface area (Å²) in [5.41, 5.74) is 6.01. The van der Waals surface area contributed by atoms with Crippen LogP contribution in [0.3, 0.4) is 0 Å². The molecule has 156 valence electrons. The van der Waals surface area contributed by atoms with E-state index in [4.69, 9.17) is 15.2 Å². The van der Waals surface area contributed by atoms with Crippen LogP contribution in [0.15, 0.2) is 24.3 Å². The highest BCUT2D eigenvalue weighted by atomic mass is 16.5. The first-order valence-corrected chi connectivity index (χ1v) is 9.78. The molecule has 0 spiro atoms. The number of benzene rings is 1. The fraction of sp³-hybridized carbons (Fsp3) is 0.600. The lowest BCUT2D eigenvalue weighted by Gasteiger charge is -2.26. The van der Waals surface area contributed by atoms with Gasteiger partial charge in [-0.15, -0.1) is 0 Å². The molecule has 1 atom stereocenters. The molecular weight excluding hydrogens is 362 g/mol. The van der Waals surface area contributed by atoms with Gasteiger partial charge in [0, 0.05) is 39.0 Å². The van der Waals surface area contributed by atoms with Gasteiger partial charge in [0.05, 0.1) is 19.3 Å². The molecule has 0 aliphatic carbocycles. The van der Waals surface area contributed by atoms with Crippen molar-refractivity contribution in [1.82, 2.24) is 10.2 Å². The molecule has 1 saturated heterocycles. The summed E-state index contributed by atoms with van der Waals surface area (Å²) in [5.74, 6) is 0.224. The van der Waals surface area contributed by atoms with Crippen molar-refractivity contribution in [3.05, 3.63) is 29.8 Å². The van der Waals surface area contributed by atoms with Crippen LogP contribution in [0.1, 0.15) is 31.2 Å². The minimum Gasteiger partial charge on any atom is -0.492 e. The van der Waals surface area contributed by atoms with E-state index in [9.17, 15) is 14.7 Å². The number of aliphatic hydroxyl groups excluding tert-OH is 1. The third kappa shape index (κ3) is 9.16. The summed E-state index contributed by atoms with van der Waals surface area (Å²) in [5, 5.41) is 12.5. The van der Waals surface area contributed by atoms with E-state index in [2.05, 4.69) is 10.2 Å². The number of carbonyl (C=O) groups is 2. The smallest absolute Gasteiger partial charge is 0.220 e. The van der Waals surface area contributed by atoms with Gasteiger partial charge >= 0.3 is 0 Å². The topological polar surface area (TPSA) is 114 Å². The number of morpholine rings is 1. The molecule has 0 unspecified atom stereocenters. The van der Waals surface area contributed by atoms with Gasteiger partial charge < -0.3 is 25.6 Å². The summed E-state index contributed by atoms with van der Waals surface area (Å²) in [4.78, 5) is 24.9. The quantitative estimate of drug-likeness (QED) is 0.474. The molecule has 1 aromatic rings. The van der Waals surface area contributed by atoms with E-state index in [1.54, 1.807) is 0 Å². The SMILES string of the molecule is NC(=O)CC[C@@H](O)CCC(=O)NCc1ccc(OCCN2CCOCC2)cc1. The third-order valence-corrected chi connectivity index (χ3v) is 4.62. The Labute approximate surface area is 166 Å². The second kappa shape index (κ2) is 12.3. The van der Waals surface area contributed by atoms with Crippen LogP contribution in [-0.2, 0) is 20.9 Å². The number of primary amides is 1. The number of hydrogen-bond acceptors (Lipinski definition) is 6. The molecule has 4 N–H and O–H groups in total. The Bertz CT molecular complexity index is 602. The van der Waals surface area contributed by atoms with E-state index < -0.39 is 12.0 Å². The van der Waals surface area contributed by atoms with Crippen molar-refractivity contribution in [3.8, 4) is 5.75 Å². The lowest BCUT2D eigenvalue weighted by molar-refractivity contribution is -0.121. The molecular formula is C20H31N3O5. The van der Waals surface area contributed by atoms with Crippen molar-refractivity contribution in [2.75, 3.05) is 39.5 Å². The number of aliphatic hydroxyl groups is 1. The number of nitrogens with two attached hydrogens (primary N) is 1. The maximum atomic E-state index is 11.9. The Balaban J connectivity index is 1.59. The Kier molecular flexibility index (Phi) is 9.74. The number of rotatable bonds is 12. The van der Waals surface area contributed by atoms with E-state index >= 15 is 0 Å². The predicted octanol–water partition coefficient (Wildman–Crippen LogP) is 0.420. The molecule has 0 aromatic heterocycles. The van der Waals surface area contributed by atoms with Crippen molar-refractivity contribution in [2.24, 2.45) is 5.73 Å².